The van der Waals surface area contributed by atoms with Crippen LogP contribution in [0.1, 0.15) is 16.7 Å². The highest BCUT2D eigenvalue weighted by Gasteiger charge is 2.08. The monoisotopic (exact) mass is 402 g/mol. The molecule has 2 aromatic carbocycles. The van der Waals surface area contributed by atoms with Crippen LogP contribution in [-0.2, 0) is 4.79 Å². The topological polar surface area (TPSA) is 42.0 Å². The van der Waals surface area contributed by atoms with E-state index in [0.29, 0.717) is 15.2 Å². The zero-order valence-electron chi connectivity index (χ0n) is 14.2. The molecule has 1 aromatic heterocycles. The zero-order valence-corrected chi connectivity index (χ0v) is 16.5. The van der Waals surface area contributed by atoms with Gasteiger partial charge in [0.15, 0.2) is 5.13 Å². The number of nitrogens with one attached hydrogen (secondary N) is 1. The fourth-order valence-electron chi connectivity index (χ4n) is 2.49. The molecule has 0 unspecified atom stereocenters. The van der Waals surface area contributed by atoms with Gasteiger partial charge >= 0.3 is 0 Å². The largest absolute Gasteiger partial charge is 0.298 e. The summed E-state index contributed by atoms with van der Waals surface area (Å²) in [5, 5.41) is 6.21. The molecule has 1 N–H and O–H groups in total. The lowest BCUT2D eigenvalue weighted by Crippen LogP contribution is -2.07. The number of nitrogens with zero attached hydrogens (tertiary/aromatic N) is 1. The van der Waals surface area contributed by atoms with Crippen molar-refractivity contribution in [3.05, 3.63) is 74.6 Å². The molecule has 1 amide bonds. The van der Waals surface area contributed by atoms with Crippen LogP contribution in [0.15, 0.2) is 47.9 Å². The third-order valence-corrected chi connectivity index (χ3v) is 5.26. The van der Waals surface area contributed by atoms with Gasteiger partial charge in [0, 0.05) is 17.0 Å². The summed E-state index contributed by atoms with van der Waals surface area (Å²) in [5.74, 6) is -0.252. The molecular weight excluding hydrogens is 387 g/mol. The molecule has 0 fully saturated rings. The average molecular weight is 403 g/mol. The first-order valence-electron chi connectivity index (χ1n) is 7.89. The molecule has 0 atom stereocenters. The molecule has 0 aliphatic heterocycles. The Labute approximate surface area is 166 Å². The summed E-state index contributed by atoms with van der Waals surface area (Å²) in [7, 11) is 0. The third kappa shape index (κ3) is 4.52. The second-order valence-electron chi connectivity index (χ2n) is 5.85. The Morgan fingerprint density at radius 1 is 1.12 bits per heavy atom. The maximum atomic E-state index is 12.1. The molecule has 0 saturated carbocycles. The van der Waals surface area contributed by atoms with Crippen LogP contribution in [0.5, 0.6) is 0 Å². The second-order valence-corrected chi connectivity index (χ2v) is 7.52. The quantitative estimate of drug-likeness (QED) is 0.513. The van der Waals surface area contributed by atoms with Crippen LogP contribution >= 0.6 is 34.5 Å². The molecule has 0 radical (unpaired) electrons. The summed E-state index contributed by atoms with van der Waals surface area (Å²) in [6.45, 7) is 4.11. The van der Waals surface area contributed by atoms with E-state index in [9.17, 15) is 4.79 Å². The second kappa shape index (κ2) is 8.04. The first-order chi connectivity index (χ1) is 12.4. The summed E-state index contributed by atoms with van der Waals surface area (Å²) < 4.78 is 0. The van der Waals surface area contributed by atoms with E-state index >= 15 is 0 Å². The number of carbonyl (C=O) groups excluding carboxylic acids is 1. The van der Waals surface area contributed by atoms with E-state index in [1.54, 1.807) is 24.3 Å². The van der Waals surface area contributed by atoms with E-state index < -0.39 is 0 Å². The van der Waals surface area contributed by atoms with Gasteiger partial charge in [0.05, 0.1) is 15.7 Å². The van der Waals surface area contributed by atoms with Crippen molar-refractivity contribution in [2.75, 3.05) is 5.32 Å². The van der Waals surface area contributed by atoms with Gasteiger partial charge in [-0.1, -0.05) is 53.0 Å². The number of anilines is 1. The Kier molecular flexibility index (Phi) is 5.77. The fourth-order valence-corrected chi connectivity index (χ4v) is 3.51. The van der Waals surface area contributed by atoms with Crippen LogP contribution in [0.25, 0.3) is 17.3 Å². The van der Waals surface area contributed by atoms with Crippen molar-refractivity contribution in [3.8, 4) is 11.3 Å². The number of hydrogen-bond acceptors (Lipinski definition) is 3. The molecule has 0 bridgehead atoms. The molecule has 0 saturated heterocycles. The number of aryl methyl sites for hydroxylation is 2. The van der Waals surface area contributed by atoms with E-state index in [1.165, 1.54) is 23.0 Å². The lowest BCUT2D eigenvalue weighted by molar-refractivity contribution is -0.111. The standard InChI is InChI=1S/C20H16Cl2N2OS/c1-12-3-6-15(13(2)9-12)18-11-26-20(23-18)24-19(25)8-5-14-4-7-16(21)17(22)10-14/h3-11H,1-2H3,(H,23,24,25). The van der Waals surface area contributed by atoms with E-state index in [2.05, 4.69) is 42.3 Å². The molecule has 132 valence electrons. The van der Waals surface area contributed by atoms with Crippen molar-refractivity contribution in [1.82, 2.24) is 4.98 Å². The van der Waals surface area contributed by atoms with Crippen molar-refractivity contribution in [1.29, 1.82) is 0 Å². The minimum absolute atomic E-state index is 0.252. The van der Waals surface area contributed by atoms with Gasteiger partial charge in [0.1, 0.15) is 0 Å². The van der Waals surface area contributed by atoms with Gasteiger partial charge < -0.3 is 0 Å². The Hall–Kier alpha value is -2.14. The summed E-state index contributed by atoms with van der Waals surface area (Å²) in [5.41, 5.74) is 5.09. The smallest absolute Gasteiger partial charge is 0.250 e. The molecule has 3 nitrogen and oxygen atoms in total. The van der Waals surface area contributed by atoms with Gasteiger partial charge in [0.2, 0.25) is 5.91 Å². The van der Waals surface area contributed by atoms with Crippen molar-refractivity contribution in [2.45, 2.75) is 13.8 Å². The van der Waals surface area contributed by atoms with E-state index in [0.717, 1.165) is 22.4 Å². The number of hydrogen-bond donors (Lipinski definition) is 1. The molecule has 3 aromatic rings. The normalized spacial score (nSPS) is 11.1. The van der Waals surface area contributed by atoms with Gasteiger partial charge in [-0.25, -0.2) is 4.98 Å². The van der Waals surface area contributed by atoms with Crippen LogP contribution in [-0.4, -0.2) is 10.9 Å². The zero-order chi connectivity index (χ0) is 18.7. The fraction of sp³-hybridized carbons (Fsp3) is 0.100. The predicted octanol–water partition coefficient (Wildman–Crippen LogP) is 6.39. The molecule has 0 aliphatic rings. The molecule has 1 heterocycles. The number of aromatic nitrogens is 1. The number of benzene rings is 2. The number of halogens is 2. The van der Waals surface area contributed by atoms with Gasteiger partial charge in [-0.15, -0.1) is 11.3 Å². The summed E-state index contributed by atoms with van der Waals surface area (Å²) in [6, 6.07) is 11.4. The van der Waals surface area contributed by atoms with Gasteiger partial charge in [0.25, 0.3) is 0 Å². The van der Waals surface area contributed by atoms with Gasteiger partial charge in [-0.3, -0.25) is 10.1 Å². The van der Waals surface area contributed by atoms with E-state index in [1.807, 2.05) is 5.38 Å². The van der Waals surface area contributed by atoms with Crippen LogP contribution < -0.4 is 5.32 Å². The van der Waals surface area contributed by atoms with Crippen molar-refractivity contribution in [2.24, 2.45) is 0 Å². The summed E-state index contributed by atoms with van der Waals surface area (Å²) >= 11 is 13.2. The summed E-state index contributed by atoms with van der Waals surface area (Å²) in [4.78, 5) is 16.6. The first-order valence-corrected chi connectivity index (χ1v) is 9.53. The number of thiazole rings is 1. The number of carbonyl (C=O) groups is 1. The molecule has 3 rings (SSSR count). The Balaban J connectivity index is 1.69. The van der Waals surface area contributed by atoms with E-state index in [-0.39, 0.29) is 5.91 Å². The molecule has 0 aliphatic carbocycles. The number of rotatable bonds is 4. The van der Waals surface area contributed by atoms with Crippen LogP contribution in [0.2, 0.25) is 10.0 Å². The third-order valence-electron chi connectivity index (χ3n) is 3.76. The van der Waals surface area contributed by atoms with Crippen LogP contribution in [0, 0.1) is 13.8 Å². The molecular formula is C20H16Cl2N2OS. The molecule has 0 spiro atoms. The highest BCUT2D eigenvalue weighted by Crippen LogP contribution is 2.28. The van der Waals surface area contributed by atoms with Crippen LogP contribution in [0.4, 0.5) is 5.13 Å². The van der Waals surface area contributed by atoms with Crippen molar-refractivity contribution >= 4 is 51.7 Å². The predicted molar refractivity (Wildman–Crippen MR) is 111 cm³/mol. The highest BCUT2D eigenvalue weighted by atomic mass is 35.5. The molecule has 26 heavy (non-hydrogen) atoms. The Morgan fingerprint density at radius 2 is 1.92 bits per heavy atom. The Bertz CT molecular complexity index is 995. The first kappa shape index (κ1) is 18.6. The molecule has 6 heteroatoms. The van der Waals surface area contributed by atoms with Crippen molar-refractivity contribution in [3.63, 3.8) is 0 Å². The summed E-state index contributed by atoms with van der Waals surface area (Å²) in [6.07, 6.45) is 3.12. The van der Waals surface area contributed by atoms with Gasteiger partial charge in [-0.2, -0.15) is 0 Å². The lowest BCUT2D eigenvalue weighted by Gasteiger charge is -2.03. The SMILES string of the molecule is Cc1ccc(-c2csc(NC(=O)C=Cc3ccc(Cl)c(Cl)c3)n2)c(C)c1. The van der Waals surface area contributed by atoms with Crippen LogP contribution in [0.3, 0.4) is 0 Å². The Morgan fingerprint density at radius 3 is 2.65 bits per heavy atom. The minimum atomic E-state index is -0.252. The number of amides is 1. The van der Waals surface area contributed by atoms with Gasteiger partial charge in [-0.05, 0) is 43.2 Å². The average Bonchev–Trinajstić information content (AvgIpc) is 3.04. The lowest BCUT2D eigenvalue weighted by atomic mass is 10.0. The van der Waals surface area contributed by atoms with E-state index in [4.69, 9.17) is 23.2 Å². The maximum Gasteiger partial charge on any atom is 0.250 e. The highest BCUT2D eigenvalue weighted by molar-refractivity contribution is 7.14. The van der Waals surface area contributed by atoms with Crippen molar-refractivity contribution < 1.29 is 4.79 Å². The maximum absolute atomic E-state index is 12.1. The minimum Gasteiger partial charge on any atom is -0.298 e.